The topological polar surface area (TPSA) is 38.9 Å². The number of nitrogens with zero attached hydrogens (tertiary/aromatic N) is 1. The highest BCUT2D eigenvalue weighted by Gasteiger charge is 2.12. The highest BCUT2D eigenvalue weighted by molar-refractivity contribution is 9.10. The van der Waals surface area contributed by atoms with Gasteiger partial charge in [0.2, 0.25) is 0 Å². The maximum Gasteiger partial charge on any atom is 0.132 e. The van der Waals surface area contributed by atoms with E-state index in [1.54, 1.807) is 12.1 Å². The van der Waals surface area contributed by atoms with Gasteiger partial charge in [-0.15, -0.1) is 11.3 Å². The molecule has 0 amide bonds. The lowest BCUT2D eigenvalue weighted by molar-refractivity contribution is 0.630. The summed E-state index contributed by atoms with van der Waals surface area (Å²) in [6.07, 6.45) is 0. The Kier molecular flexibility index (Phi) is 3.91. The molecule has 0 spiro atoms. The van der Waals surface area contributed by atoms with Crippen LogP contribution in [0.1, 0.15) is 17.8 Å². The van der Waals surface area contributed by atoms with Crippen molar-refractivity contribution < 1.29 is 4.39 Å². The van der Waals surface area contributed by atoms with Crippen molar-refractivity contribution in [2.24, 2.45) is 5.73 Å². The number of halogens is 2. The van der Waals surface area contributed by atoms with Crippen molar-refractivity contribution in [1.29, 1.82) is 0 Å². The van der Waals surface area contributed by atoms with E-state index >= 15 is 0 Å². The molecule has 2 nitrogen and oxygen atoms in total. The second-order valence-corrected chi connectivity index (χ2v) is 5.64. The van der Waals surface area contributed by atoms with E-state index in [0.717, 1.165) is 9.48 Å². The zero-order valence-electron chi connectivity index (χ0n) is 9.28. The molecule has 17 heavy (non-hydrogen) atoms. The summed E-state index contributed by atoms with van der Waals surface area (Å²) in [6, 6.07) is 4.85. The van der Waals surface area contributed by atoms with E-state index in [2.05, 4.69) is 20.9 Å². The number of aromatic nitrogens is 1. The van der Waals surface area contributed by atoms with Crippen molar-refractivity contribution >= 4 is 27.3 Å². The van der Waals surface area contributed by atoms with Crippen LogP contribution in [0.25, 0.3) is 11.3 Å². The van der Waals surface area contributed by atoms with Crippen LogP contribution in [0.2, 0.25) is 0 Å². The zero-order valence-corrected chi connectivity index (χ0v) is 11.7. The SMILES string of the molecule is CC(CN)c1nc(-c2cc(Br)ccc2F)cs1. The van der Waals surface area contributed by atoms with Crippen LogP contribution in [-0.2, 0) is 0 Å². The van der Waals surface area contributed by atoms with Gasteiger partial charge in [-0.3, -0.25) is 0 Å². The summed E-state index contributed by atoms with van der Waals surface area (Å²) in [5, 5.41) is 2.81. The Morgan fingerprint density at radius 1 is 1.53 bits per heavy atom. The summed E-state index contributed by atoms with van der Waals surface area (Å²) in [4.78, 5) is 4.43. The van der Waals surface area contributed by atoms with Gasteiger partial charge in [0, 0.05) is 27.9 Å². The molecule has 2 rings (SSSR count). The number of benzene rings is 1. The second kappa shape index (κ2) is 5.25. The Morgan fingerprint density at radius 2 is 2.29 bits per heavy atom. The highest BCUT2D eigenvalue weighted by atomic mass is 79.9. The molecule has 90 valence electrons. The first-order valence-electron chi connectivity index (χ1n) is 5.22. The van der Waals surface area contributed by atoms with Gasteiger partial charge >= 0.3 is 0 Å². The minimum Gasteiger partial charge on any atom is -0.330 e. The Bertz CT molecular complexity index is 527. The number of nitrogens with two attached hydrogens (primary N) is 1. The Balaban J connectivity index is 2.40. The summed E-state index contributed by atoms with van der Waals surface area (Å²) in [5.74, 6) is -0.0468. The van der Waals surface area contributed by atoms with Crippen molar-refractivity contribution in [3.63, 3.8) is 0 Å². The Morgan fingerprint density at radius 3 is 3.00 bits per heavy atom. The molecule has 1 unspecified atom stereocenters. The van der Waals surface area contributed by atoms with Gasteiger partial charge in [-0.2, -0.15) is 0 Å². The normalized spacial score (nSPS) is 12.7. The quantitative estimate of drug-likeness (QED) is 0.936. The predicted octanol–water partition coefficient (Wildman–Crippen LogP) is 3.77. The fourth-order valence-electron chi connectivity index (χ4n) is 1.43. The predicted molar refractivity (Wildman–Crippen MR) is 72.7 cm³/mol. The summed E-state index contributed by atoms with van der Waals surface area (Å²) < 4.78 is 14.5. The first-order chi connectivity index (χ1) is 8.11. The van der Waals surface area contributed by atoms with Gasteiger partial charge in [0.1, 0.15) is 5.82 Å². The van der Waals surface area contributed by atoms with Crippen LogP contribution < -0.4 is 5.73 Å². The molecule has 1 aromatic carbocycles. The smallest absolute Gasteiger partial charge is 0.132 e. The van der Waals surface area contributed by atoms with Crippen LogP contribution >= 0.6 is 27.3 Å². The number of hydrogen-bond acceptors (Lipinski definition) is 3. The average molecular weight is 315 g/mol. The van der Waals surface area contributed by atoms with E-state index in [1.807, 2.05) is 12.3 Å². The van der Waals surface area contributed by atoms with Gasteiger partial charge in [0.15, 0.2) is 0 Å². The molecular weight excluding hydrogens is 303 g/mol. The molecule has 1 heterocycles. The van der Waals surface area contributed by atoms with Gasteiger partial charge in [0.25, 0.3) is 0 Å². The minimum absolute atomic E-state index is 0.212. The summed E-state index contributed by atoms with van der Waals surface area (Å²) >= 11 is 4.85. The van der Waals surface area contributed by atoms with Crippen LogP contribution in [-0.4, -0.2) is 11.5 Å². The molecular formula is C12H12BrFN2S. The molecule has 0 fully saturated rings. The second-order valence-electron chi connectivity index (χ2n) is 3.83. The summed E-state index contributed by atoms with van der Waals surface area (Å²) in [7, 11) is 0. The van der Waals surface area contributed by atoms with Crippen molar-refractivity contribution in [3.05, 3.63) is 38.9 Å². The lowest BCUT2D eigenvalue weighted by Crippen LogP contribution is -2.08. The largest absolute Gasteiger partial charge is 0.330 e. The Hall–Kier alpha value is -0.780. The lowest BCUT2D eigenvalue weighted by atomic mass is 10.1. The summed E-state index contributed by atoms with van der Waals surface area (Å²) in [5.41, 5.74) is 6.78. The van der Waals surface area contributed by atoms with E-state index in [4.69, 9.17) is 5.73 Å². The number of thiazole rings is 1. The number of rotatable bonds is 3. The third kappa shape index (κ3) is 2.73. The van der Waals surface area contributed by atoms with Gasteiger partial charge in [-0.25, -0.2) is 9.37 Å². The summed E-state index contributed by atoms with van der Waals surface area (Å²) in [6.45, 7) is 2.56. The molecule has 1 aromatic heterocycles. The molecule has 0 radical (unpaired) electrons. The van der Waals surface area contributed by atoms with E-state index < -0.39 is 0 Å². The van der Waals surface area contributed by atoms with E-state index in [9.17, 15) is 4.39 Å². The standard InChI is InChI=1S/C12H12BrFN2S/c1-7(5-15)12-16-11(6-17-12)9-4-8(13)2-3-10(9)14/h2-4,6-7H,5,15H2,1H3. The van der Waals surface area contributed by atoms with E-state index in [1.165, 1.54) is 17.4 Å². The molecule has 5 heteroatoms. The van der Waals surface area contributed by atoms with Crippen LogP contribution in [0.3, 0.4) is 0 Å². The van der Waals surface area contributed by atoms with Crippen LogP contribution in [0.5, 0.6) is 0 Å². The zero-order chi connectivity index (χ0) is 12.4. The molecule has 1 atom stereocenters. The van der Waals surface area contributed by atoms with Crippen LogP contribution in [0.4, 0.5) is 4.39 Å². The maximum atomic E-state index is 13.7. The molecule has 2 N–H and O–H groups in total. The van der Waals surface area contributed by atoms with E-state index in [0.29, 0.717) is 17.8 Å². The monoisotopic (exact) mass is 314 g/mol. The van der Waals surface area contributed by atoms with Crippen LogP contribution in [0, 0.1) is 5.82 Å². The Labute approximate surface area is 112 Å². The molecule has 0 aliphatic rings. The molecule has 0 saturated heterocycles. The van der Waals surface area contributed by atoms with Gasteiger partial charge < -0.3 is 5.73 Å². The first kappa shape index (κ1) is 12.7. The van der Waals surface area contributed by atoms with Gasteiger partial charge in [-0.1, -0.05) is 22.9 Å². The van der Waals surface area contributed by atoms with E-state index in [-0.39, 0.29) is 11.7 Å². The third-order valence-electron chi connectivity index (χ3n) is 2.50. The third-order valence-corrected chi connectivity index (χ3v) is 4.07. The lowest BCUT2D eigenvalue weighted by Gasteiger charge is -2.03. The fourth-order valence-corrected chi connectivity index (χ4v) is 2.68. The molecule has 0 saturated carbocycles. The van der Waals surface area contributed by atoms with Crippen LogP contribution in [0.15, 0.2) is 28.1 Å². The van der Waals surface area contributed by atoms with Gasteiger partial charge in [0.05, 0.1) is 10.7 Å². The minimum atomic E-state index is -0.259. The molecule has 0 aliphatic carbocycles. The van der Waals surface area contributed by atoms with Crippen molar-refractivity contribution in [3.8, 4) is 11.3 Å². The molecule has 0 aliphatic heterocycles. The average Bonchev–Trinajstić information content (AvgIpc) is 2.80. The van der Waals surface area contributed by atoms with Crippen molar-refractivity contribution in [2.45, 2.75) is 12.8 Å². The van der Waals surface area contributed by atoms with Gasteiger partial charge in [-0.05, 0) is 18.2 Å². The molecule has 2 aromatic rings. The number of hydrogen-bond donors (Lipinski definition) is 1. The highest BCUT2D eigenvalue weighted by Crippen LogP contribution is 2.29. The fraction of sp³-hybridized carbons (Fsp3) is 0.250. The van der Waals surface area contributed by atoms with Crippen molar-refractivity contribution in [2.75, 3.05) is 6.54 Å². The van der Waals surface area contributed by atoms with Crippen molar-refractivity contribution in [1.82, 2.24) is 4.98 Å². The first-order valence-corrected chi connectivity index (χ1v) is 6.90. The maximum absolute atomic E-state index is 13.7. The molecule has 0 bridgehead atoms.